The minimum atomic E-state index is 0.794. The van der Waals surface area contributed by atoms with Gasteiger partial charge < -0.3 is 0 Å². The van der Waals surface area contributed by atoms with Crippen LogP contribution < -0.4 is 0 Å². The first-order chi connectivity index (χ1) is 6.76. The summed E-state index contributed by atoms with van der Waals surface area (Å²) in [5, 5.41) is 0.794. The van der Waals surface area contributed by atoms with Crippen LogP contribution in [0.25, 0.3) is 0 Å². The molecule has 14 heavy (non-hydrogen) atoms. The molecule has 1 rings (SSSR count). The van der Waals surface area contributed by atoms with E-state index in [9.17, 15) is 0 Å². The van der Waals surface area contributed by atoms with Gasteiger partial charge in [0.2, 0.25) is 0 Å². The molecule has 0 radical (unpaired) electrons. The molecule has 0 saturated carbocycles. The quantitative estimate of drug-likeness (QED) is 0.634. The first kappa shape index (κ1) is 11.6. The summed E-state index contributed by atoms with van der Waals surface area (Å²) in [6.45, 7) is 6.68. The van der Waals surface area contributed by atoms with Crippen LogP contribution in [0, 0.1) is 6.92 Å². The van der Waals surface area contributed by atoms with E-state index in [1.807, 2.05) is 11.8 Å². The lowest BCUT2D eigenvalue weighted by molar-refractivity contribution is 0.719. The summed E-state index contributed by atoms with van der Waals surface area (Å²) in [4.78, 5) is 1.41. The van der Waals surface area contributed by atoms with E-state index in [-0.39, 0.29) is 0 Å². The molecule has 0 fully saturated rings. The highest BCUT2D eigenvalue weighted by Gasteiger charge is 2.06. The van der Waals surface area contributed by atoms with E-state index < -0.39 is 0 Å². The number of hydrogen-bond donors (Lipinski definition) is 0. The average molecular weight is 208 g/mol. The normalized spacial score (nSPS) is 12.8. The highest BCUT2D eigenvalue weighted by atomic mass is 32.2. The van der Waals surface area contributed by atoms with Gasteiger partial charge in [0.05, 0.1) is 0 Å². The van der Waals surface area contributed by atoms with Gasteiger partial charge in [-0.15, -0.1) is 11.8 Å². The summed E-state index contributed by atoms with van der Waals surface area (Å²) in [6.07, 6.45) is 3.89. The van der Waals surface area contributed by atoms with Crippen LogP contribution in [0.3, 0.4) is 0 Å². The molecule has 0 N–H and O–H groups in total. The van der Waals surface area contributed by atoms with Gasteiger partial charge in [-0.3, -0.25) is 0 Å². The maximum absolute atomic E-state index is 2.28. The van der Waals surface area contributed by atoms with Crippen molar-refractivity contribution in [2.45, 2.75) is 50.2 Å². The Hall–Kier alpha value is -0.430. The Kier molecular flexibility index (Phi) is 5.10. The topological polar surface area (TPSA) is 0 Å². The fraction of sp³-hybridized carbons (Fsp3) is 0.538. The summed E-state index contributed by atoms with van der Waals surface area (Å²) >= 11 is 2.02. The summed E-state index contributed by atoms with van der Waals surface area (Å²) in [5.41, 5.74) is 1.35. The fourth-order valence-corrected chi connectivity index (χ4v) is 2.68. The number of aryl methyl sites for hydroxylation is 1. The molecule has 1 unspecified atom stereocenters. The lowest BCUT2D eigenvalue weighted by Crippen LogP contribution is -1.99. The Bertz CT molecular complexity index is 250. The number of benzene rings is 1. The lowest BCUT2D eigenvalue weighted by atomic mass is 10.2. The van der Waals surface area contributed by atoms with Gasteiger partial charge in [0.25, 0.3) is 0 Å². The molecule has 0 spiro atoms. The van der Waals surface area contributed by atoms with Crippen LogP contribution in [-0.2, 0) is 0 Å². The van der Waals surface area contributed by atoms with Gasteiger partial charge in [0.1, 0.15) is 0 Å². The number of hydrogen-bond acceptors (Lipinski definition) is 1. The maximum Gasteiger partial charge on any atom is 0.00916 e. The SMILES string of the molecule is CCCC(CC)Sc1ccc(C)cc1. The molecule has 78 valence electrons. The molecule has 0 nitrogen and oxygen atoms in total. The van der Waals surface area contributed by atoms with E-state index in [4.69, 9.17) is 0 Å². The van der Waals surface area contributed by atoms with Gasteiger partial charge >= 0.3 is 0 Å². The molecular weight excluding hydrogens is 188 g/mol. The predicted octanol–water partition coefficient (Wildman–Crippen LogP) is 4.67. The highest BCUT2D eigenvalue weighted by Crippen LogP contribution is 2.28. The van der Waals surface area contributed by atoms with Gasteiger partial charge in [0.15, 0.2) is 0 Å². The Morgan fingerprint density at radius 3 is 2.29 bits per heavy atom. The third kappa shape index (κ3) is 3.75. The summed E-state index contributed by atoms with van der Waals surface area (Å²) in [6, 6.07) is 8.86. The third-order valence-electron chi connectivity index (χ3n) is 2.39. The van der Waals surface area contributed by atoms with Gasteiger partial charge in [0, 0.05) is 10.1 Å². The van der Waals surface area contributed by atoms with Gasteiger partial charge in [-0.2, -0.15) is 0 Å². The van der Waals surface area contributed by atoms with E-state index in [1.54, 1.807) is 0 Å². The van der Waals surface area contributed by atoms with Crippen LogP contribution in [0.15, 0.2) is 29.2 Å². The van der Waals surface area contributed by atoms with Crippen LogP contribution in [0.5, 0.6) is 0 Å². The molecule has 0 saturated heterocycles. The van der Waals surface area contributed by atoms with Crippen LogP contribution >= 0.6 is 11.8 Å². The first-order valence-corrected chi connectivity index (χ1v) is 6.37. The molecule has 0 aromatic heterocycles. The summed E-state index contributed by atoms with van der Waals surface area (Å²) in [5.74, 6) is 0. The Morgan fingerprint density at radius 2 is 1.79 bits per heavy atom. The molecule has 1 aromatic carbocycles. The highest BCUT2D eigenvalue weighted by molar-refractivity contribution is 8.00. The third-order valence-corrected chi connectivity index (χ3v) is 3.84. The van der Waals surface area contributed by atoms with E-state index >= 15 is 0 Å². The van der Waals surface area contributed by atoms with Crippen molar-refractivity contribution in [1.82, 2.24) is 0 Å². The van der Waals surface area contributed by atoms with E-state index in [1.165, 1.54) is 29.7 Å². The van der Waals surface area contributed by atoms with Crippen molar-refractivity contribution in [2.24, 2.45) is 0 Å². The van der Waals surface area contributed by atoms with Gasteiger partial charge in [-0.25, -0.2) is 0 Å². The van der Waals surface area contributed by atoms with Crippen LogP contribution in [0.4, 0.5) is 0 Å². The van der Waals surface area contributed by atoms with Crippen molar-refractivity contribution in [1.29, 1.82) is 0 Å². The molecule has 0 aliphatic carbocycles. The van der Waals surface area contributed by atoms with Gasteiger partial charge in [-0.05, 0) is 31.9 Å². The predicted molar refractivity (Wildman–Crippen MR) is 66.0 cm³/mol. The van der Waals surface area contributed by atoms with Crippen molar-refractivity contribution in [3.8, 4) is 0 Å². The number of rotatable bonds is 5. The molecule has 0 aliphatic heterocycles. The number of thioether (sulfide) groups is 1. The Labute approximate surface area is 92.1 Å². The summed E-state index contributed by atoms with van der Waals surface area (Å²) in [7, 11) is 0. The van der Waals surface area contributed by atoms with E-state index in [0.29, 0.717) is 0 Å². The van der Waals surface area contributed by atoms with Crippen molar-refractivity contribution in [3.63, 3.8) is 0 Å². The smallest absolute Gasteiger partial charge is 0.00916 e. The molecular formula is C13H20S. The van der Waals surface area contributed by atoms with Crippen molar-refractivity contribution < 1.29 is 0 Å². The molecule has 0 aliphatic rings. The first-order valence-electron chi connectivity index (χ1n) is 5.49. The van der Waals surface area contributed by atoms with Crippen molar-refractivity contribution in [2.75, 3.05) is 0 Å². The molecule has 0 bridgehead atoms. The zero-order valence-electron chi connectivity index (χ0n) is 9.42. The van der Waals surface area contributed by atoms with E-state index in [2.05, 4.69) is 45.0 Å². The average Bonchev–Trinajstić information content (AvgIpc) is 2.20. The lowest BCUT2D eigenvalue weighted by Gasteiger charge is -2.13. The zero-order chi connectivity index (χ0) is 10.4. The summed E-state index contributed by atoms with van der Waals surface area (Å²) < 4.78 is 0. The van der Waals surface area contributed by atoms with Crippen LogP contribution in [0.2, 0.25) is 0 Å². The van der Waals surface area contributed by atoms with Gasteiger partial charge in [-0.1, -0.05) is 38.0 Å². The minimum Gasteiger partial charge on any atom is -0.123 e. The van der Waals surface area contributed by atoms with E-state index in [0.717, 1.165) is 5.25 Å². The van der Waals surface area contributed by atoms with Crippen LogP contribution in [-0.4, -0.2) is 5.25 Å². The second-order valence-corrected chi connectivity index (χ2v) is 5.12. The second-order valence-electron chi connectivity index (χ2n) is 3.75. The van der Waals surface area contributed by atoms with Crippen molar-refractivity contribution in [3.05, 3.63) is 29.8 Å². The molecule has 1 aromatic rings. The maximum atomic E-state index is 2.28. The largest absolute Gasteiger partial charge is 0.123 e. The fourth-order valence-electron chi connectivity index (χ4n) is 1.48. The standard InChI is InChI=1S/C13H20S/c1-4-6-12(5-2)14-13-9-7-11(3)8-10-13/h7-10,12H,4-6H2,1-3H3. The minimum absolute atomic E-state index is 0.794. The Morgan fingerprint density at radius 1 is 1.14 bits per heavy atom. The zero-order valence-corrected chi connectivity index (χ0v) is 10.2. The molecule has 1 atom stereocenters. The molecule has 0 amide bonds. The Balaban J connectivity index is 2.53. The molecule has 0 heterocycles. The van der Waals surface area contributed by atoms with Crippen LogP contribution in [0.1, 0.15) is 38.7 Å². The second kappa shape index (κ2) is 6.13. The molecule has 1 heteroatoms. The van der Waals surface area contributed by atoms with Crippen molar-refractivity contribution >= 4 is 11.8 Å². The monoisotopic (exact) mass is 208 g/mol.